The molecule has 1 aliphatic rings. The van der Waals surface area contributed by atoms with Gasteiger partial charge in [-0.25, -0.2) is 8.70 Å². The standard InChI is InChI=1S/C14H17ClFN3O4S/c1-9-14(21)18(3)24(22,23)19(9)8-13(20)17(2)7-10-11(15)5-4-6-12(10)16/h4-6,9H,7-8H2,1-3H3. The SMILES string of the molecule is CC1C(=O)N(C)S(=O)(=O)N1CC(=O)N(C)Cc1c(F)cccc1Cl. The maximum absolute atomic E-state index is 13.8. The van der Waals surface area contributed by atoms with E-state index in [4.69, 9.17) is 11.6 Å². The molecule has 0 saturated carbocycles. The Morgan fingerprint density at radius 2 is 2.04 bits per heavy atom. The van der Waals surface area contributed by atoms with Crippen LogP contribution >= 0.6 is 11.6 Å². The van der Waals surface area contributed by atoms with Crippen molar-refractivity contribution < 1.29 is 22.4 Å². The van der Waals surface area contributed by atoms with Crippen LogP contribution in [-0.4, -0.2) is 60.4 Å². The zero-order chi connectivity index (χ0) is 18.2. The van der Waals surface area contributed by atoms with Crippen molar-refractivity contribution in [1.82, 2.24) is 13.5 Å². The van der Waals surface area contributed by atoms with E-state index in [1.165, 1.54) is 32.2 Å². The molecule has 1 heterocycles. The lowest BCUT2D eigenvalue weighted by molar-refractivity contribution is -0.131. The third kappa shape index (κ3) is 3.24. The van der Waals surface area contributed by atoms with E-state index in [0.29, 0.717) is 4.31 Å². The first-order chi connectivity index (χ1) is 11.1. The second-order valence-electron chi connectivity index (χ2n) is 5.48. The minimum absolute atomic E-state index is 0.115. The van der Waals surface area contributed by atoms with E-state index in [1.807, 2.05) is 0 Å². The van der Waals surface area contributed by atoms with Crippen LogP contribution in [0, 0.1) is 5.82 Å². The summed E-state index contributed by atoms with van der Waals surface area (Å²) in [7, 11) is -1.47. The molecule has 1 aromatic rings. The number of rotatable bonds is 4. The van der Waals surface area contributed by atoms with Crippen LogP contribution in [-0.2, 0) is 26.3 Å². The normalized spacial score (nSPS) is 20.5. The summed E-state index contributed by atoms with van der Waals surface area (Å²) < 4.78 is 39.4. The second-order valence-corrected chi connectivity index (χ2v) is 7.80. The molecular weight excluding hydrogens is 361 g/mol. The number of hydrogen-bond donors (Lipinski definition) is 0. The smallest absolute Gasteiger partial charge is 0.307 e. The van der Waals surface area contributed by atoms with E-state index in [1.54, 1.807) is 0 Å². The van der Waals surface area contributed by atoms with Crippen LogP contribution in [0.25, 0.3) is 0 Å². The monoisotopic (exact) mass is 377 g/mol. The van der Waals surface area contributed by atoms with Crippen molar-refractivity contribution in [2.24, 2.45) is 0 Å². The molecule has 0 N–H and O–H groups in total. The maximum Gasteiger partial charge on any atom is 0.307 e. The molecule has 0 spiro atoms. The molecule has 1 atom stereocenters. The summed E-state index contributed by atoms with van der Waals surface area (Å²) in [5.74, 6) is -1.74. The van der Waals surface area contributed by atoms with E-state index in [9.17, 15) is 22.4 Å². The number of amides is 2. The molecule has 2 amide bonds. The van der Waals surface area contributed by atoms with Crippen molar-refractivity contribution in [3.63, 3.8) is 0 Å². The zero-order valence-corrected chi connectivity index (χ0v) is 14.9. The molecule has 0 bridgehead atoms. The van der Waals surface area contributed by atoms with Gasteiger partial charge in [-0.2, -0.15) is 12.7 Å². The van der Waals surface area contributed by atoms with Gasteiger partial charge in [-0.05, 0) is 19.1 Å². The Hall–Kier alpha value is -1.71. The van der Waals surface area contributed by atoms with Crippen molar-refractivity contribution in [2.75, 3.05) is 20.6 Å². The number of carbonyl (C=O) groups is 2. The van der Waals surface area contributed by atoms with Crippen molar-refractivity contribution in [2.45, 2.75) is 19.5 Å². The van der Waals surface area contributed by atoms with Gasteiger partial charge in [-0.3, -0.25) is 9.59 Å². The summed E-state index contributed by atoms with van der Waals surface area (Å²) in [6.45, 7) is 0.781. The van der Waals surface area contributed by atoms with Gasteiger partial charge in [0.1, 0.15) is 11.9 Å². The van der Waals surface area contributed by atoms with E-state index in [2.05, 4.69) is 0 Å². The van der Waals surface area contributed by atoms with Crippen molar-refractivity contribution in [3.05, 3.63) is 34.6 Å². The van der Waals surface area contributed by atoms with Crippen LogP contribution in [0.5, 0.6) is 0 Å². The number of benzene rings is 1. The van der Waals surface area contributed by atoms with Gasteiger partial charge in [0, 0.05) is 31.2 Å². The van der Waals surface area contributed by atoms with Crippen molar-refractivity contribution in [1.29, 1.82) is 0 Å². The maximum atomic E-state index is 13.8. The zero-order valence-electron chi connectivity index (χ0n) is 13.4. The Morgan fingerprint density at radius 3 is 2.54 bits per heavy atom. The third-order valence-electron chi connectivity index (χ3n) is 3.92. The predicted molar refractivity (Wildman–Crippen MR) is 85.7 cm³/mol. The summed E-state index contributed by atoms with van der Waals surface area (Å²) >= 11 is 5.92. The lowest BCUT2D eigenvalue weighted by Gasteiger charge is -2.23. The summed E-state index contributed by atoms with van der Waals surface area (Å²) in [4.78, 5) is 25.2. The minimum Gasteiger partial charge on any atom is -0.340 e. The molecule has 1 unspecified atom stereocenters. The Bertz CT molecular complexity index is 766. The summed E-state index contributed by atoms with van der Waals surface area (Å²) in [5, 5.41) is 0.173. The van der Waals surface area contributed by atoms with Crippen molar-refractivity contribution >= 4 is 33.6 Å². The molecule has 1 saturated heterocycles. The molecule has 1 aliphatic heterocycles. The highest BCUT2D eigenvalue weighted by Gasteiger charge is 2.47. The van der Waals surface area contributed by atoms with Gasteiger partial charge >= 0.3 is 10.2 Å². The number of likely N-dealkylation sites (N-methyl/N-ethyl adjacent to an activating group) is 2. The van der Waals surface area contributed by atoms with Crippen LogP contribution in [0.1, 0.15) is 12.5 Å². The summed E-state index contributed by atoms with van der Waals surface area (Å²) in [5.41, 5.74) is 0.139. The number of carbonyl (C=O) groups excluding carboxylic acids is 2. The Balaban J connectivity index is 2.14. The third-order valence-corrected chi connectivity index (χ3v) is 6.18. The van der Waals surface area contributed by atoms with Crippen LogP contribution in [0.3, 0.4) is 0 Å². The van der Waals surface area contributed by atoms with Gasteiger partial charge in [-0.1, -0.05) is 17.7 Å². The Morgan fingerprint density at radius 1 is 1.42 bits per heavy atom. The number of halogens is 2. The van der Waals surface area contributed by atoms with E-state index >= 15 is 0 Å². The van der Waals surface area contributed by atoms with Gasteiger partial charge in [0.05, 0.1) is 6.54 Å². The molecule has 0 aromatic heterocycles. The molecule has 7 nitrogen and oxygen atoms in total. The molecule has 1 fully saturated rings. The molecule has 10 heteroatoms. The lowest BCUT2D eigenvalue weighted by atomic mass is 10.2. The fourth-order valence-corrected chi connectivity index (χ4v) is 4.02. The van der Waals surface area contributed by atoms with Crippen LogP contribution < -0.4 is 0 Å². The molecule has 1 aromatic carbocycles. The van der Waals surface area contributed by atoms with Crippen LogP contribution in [0.15, 0.2) is 18.2 Å². The largest absolute Gasteiger partial charge is 0.340 e. The van der Waals surface area contributed by atoms with E-state index in [0.717, 1.165) is 16.3 Å². The molecule has 24 heavy (non-hydrogen) atoms. The van der Waals surface area contributed by atoms with Gasteiger partial charge < -0.3 is 4.90 Å². The van der Waals surface area contributed by atoms with E-state index in [-0.39, 0.29) is 17.1 Å². The highest BCUT2D eigenvalue weighted by Crippen LogP contribution is 2.23. The van der Waals surface area contributed by atoms with Gasteiger partial charge in [0.25, 0.3) is 5.91 Å². The second kappa shape index (κ2) is 6.66. The van der Waals surface area contributed by atoms with Crippen molar-refractivity contribution in [3.8, 4) is 0 Å². The molecule has 0 radical (unpaired) electrons. The number of nitrogens with zero attached hydrogens (tertiary/aromatic N) is 3. The highest BCUT2D eigenvalue weighted by atomic mass is 35.5. The molecular formula is C14H17ClFN3O4S. The average Bonchev–Trinajstić information content (AvgIpc) is 2.65. The summed E-state index contributed by atoms with van der Waals surface area (Å²) in [6, 6.07) is 3.21. The van der Waals surface area contributed by atoms with Gasteiger partial charge in [0.2, 0.25) is 5.91 Å². The fraction of sp³-hybridized carbons (Fsp3) is 0.429. The topological polar surface area (TPSA) is 78.0 Å². The summed E-state index contributed by atoms with van der Waals surface area (Å²) in [6.07, 6.45) is 0. The molecule has 2 rings (SSSR count). The van der Waals surface area contributed by atoms with Gasteiger partial charge in [0.15, 0.2) is 0 Å². The highest BCUT2D eigenvalue weighted by molar-refractivity contribution is 7.87. The predicted octanol–water partition coefficient (Wildman–Crippen LogP) is 0.845. The van der Waals surface area contributed by atoms with Gasteiger partial charge in [-0.15, -0.1) is 0 Å². The fourth-order valence-electron chi connectivity index (χ4n) is 2.34. The lowest BCUT2D eigenvalue weighted by Crippen LogP contribution is -2.43. The first-order valence-corrected chi connectivity index (χ1v) is 8.81. The minimum atomic E-state index is -4.01. The Labute approximate surface area is 144 Å². The average molecular weight is 378 g/mol. The quantitative estimate of drug-likeness (QED) is 0.779. The molecule has 0 aliphatic carbocycles. The first-order valence-electron chi connectivity index (χ1n) is 7.03. The first kappa shape index (κ1) is 18.6. The molecule has 132 valence electrons. The van der Waals surface area contributed by atoms with Crippen LogP contribution in [0.2, 0.25) is 5.02 Å². The van der Waals surface area contributed by atoms with E-state index < -0.39 is 40.4 Å². The number of hydrogen-bond acceptors (Lipinski definition) is 4. The Kier molecular flexibility index (Phi) is 5.17. The van der Waals surface area contributed by atoms with Crippen LogP contribution in [0.4, 0.5) is 4.39 Å².